The molecule has 1 heteroatoms. The third kappa shape index (κ3) is 2.26. The van der Waals surface area contributed by atoms with E-state index in [9.17, 15) is 0 Å². The van der Waals surface area contributed by atoms with E-state index >= 15 is 0 Å². The molecule has 0 aromatic heterocycles. The molecule has 0 amide bonds. The molecule has 114 valence electrons. The average Bonchev–Trinajstić information content (AvgIpc) is 2.30. The topological polar surface area (TPSA) is 12.0 Å². The molecule has 20 heavy (non-hydrogen) atoms. The van der Waals surface area contributed by atoms with E-state index in [1.807, 2.05) is 0 Å². The molecule has 1 nitrogen and oxygen atoms in total. The molecule has 0 radical (unpaired) electrons. The lowest BCUT2D eigenvalue weighted by Crippen LogP contribution is -2.61. The summed E-state index contributed by atoms with van der Waals surface area (Å²) in [4.78, 5) is 0. The van der Waals surface area contributed by atoms with E-state index in [4.69, 9.17) is 0 Å². The molecule has 4 aliphatic carbocycles. The van der Waals surface area contributed by atoms with E-state index in [1.54, 1.807) is 0 Å². The first kappa shape index (κ1) is 14.6. The first-order valence-corrected chi connectivity index (χ1v) is 8.66. The summed E-state index contributed by atoms with van der Waals surface area (Å²) in [5, 5.41) is 3.70. The molecule has 0 spiro atoms. The molecule has 4 aliphatic rings. The Labute approximate surface area is 125 Å². The van der Waals surface area contributed by atoms with Crippen molar-refractivity contribution < 1.29 is 0 Å². The Hall–Kier alpha value is -0.300. The Morgan fingerprint density at radius 1 is 1.15 bits per heavy atom. The van der Waals surface area contributed by atoms with Crippen molar-refractivity contribution in [3.63, 3.8) is 0 Å². The fourth-order valence-electron chi connectivity index (χ4n) is 6.98. The fraction of sp³-hybridized carbons (Fsp3) is 0.895. The van der Waals surface area contributed by atoms with Gasteiger partial charge in [-0.15, -0.1) is 0 Å². The zero-order valence-corrected chi connectivity index (χ0v) is 14.0. The average molecular weight is 275 g/mol. The molecule has 1 N–H and O–H groups in total. The number of hydrogen-bond donors (Lipinski definition) is 1. The Balaban J connectivity index is 1.89. The molecule has 4 fully saturated rings. The van der Waals surface area contributed by atoms with Crippen molar-refractivity contribution in [1.82, 2.24) is 5.32 Å². The van der Waals surface area contributed by atoms with Gasteiger partial charge in [-0.1, -0.05) is 32.9 Å². The summed E-state index contributed by atoms with van der Waals surface area (Å²) >= 11 is 0. The molecule has 4 rings (SSSR count). The zero-order valence-electron chi connectivity index (χ0n) is 14.0. The van der Waals surface area contributed by atoms with E-state index in [1.165, 1.54) is 50.5 Å². The second kappa shape index (κ2) is 4.60. The number of hydrogen-bond acceptors (Lipinski definition) is 1. The van der Waals surface area contributed by atoms with Crippen LogP contribution in [0.25, 0.3) is 0 Å². The predicted octanol–water partition coefficient (Wildman–Crippen LogP) is 4.93. The largest absolute Gasteiger partial charge is 0.316 e. The van der Waals surface area contributed by atoms with Crippen LogP contribution in [0.2, 0.25) is 0 Å². The third-order valence-electron chi connectivity index (χ3n) is 6.75. The van der Waals surface area contributed by atoms with Crippen molar-refractivity contribution >= 4 is 0 Å². The monoisotopic (exact) mass is 275 g/mol. The van der Waals surface area contributed by atoms with Crippen LogP contribution in [0.4, 0.5) is 0 Å². The lowest BCUT2D eigenvalue weighted by molar-refractivity contribution is -0.157. The molecule has 3 atom stereocenters. The second-order valence-electron chi connectivity index (χ2n) is 9.14. The lowest BCUT2D eigenvalue weighted by atomic mass is 9.39. The fourth-order valence-corrected chi connectivity index (χ4v) is 6.98. The van der Waals surface area contributed by atoms with E-state index in [2.05, 4.69) is 39.7 Å². The highest BCUT2D eigenvalue weighted by Gasteiger charge is 2.61. The van der Waals surface area contributed by atoms with Crippen LogP contribution in [0.15, 0.2) is 12.2 Å². The highest BCUT2D eigenvalue weighted by Crippen LogP contribution is 2.70. The van der Waals surface area contributed by atoms with Crippen molar-refractivity contribution in [1.29, 1.82) is 0 Å². The summed E-state index contributed by atoms with van der Waals surface area (Å²) in [6, 6.07) is 0.650. The highest BCUT2D eigenvalue weighted by molar-refractivity contribution is 5.15. The van der Waals surface area contributed by atoms with E-state index < -0.39 is 0 Å². The summed E-state index contributed by atoms with van der Waals surface area (Å²) in [6.45, 7) is 11.7. The number of rotatable bonds is 5. The van der Waals surface area contributed by atoms with Gasteiger partial charge in [-0.2, -0.15) is 0 Å². The van der Waals surface area contributed by atoms with Gasteiger partial charge in [0.05, 0.1) is 0 Å². The highest BCUT2D eigenvalue weighted by atomic mass is 14.9. The van der Waals surface area contributed by atoms with Gasteiger partial charge in [-0.3, -0.25) is 0 Å². The molecule has 0 heterocycles. The van der Waals surface area contributed by atoms with Gasteiger partial charge in [0.25, 0.3) is 0 Å². The first-order chi connectivity index (χ1) is 9.32. The maximum Gasteiger partial charge on any atom is 0.0158 e. The van der Waals surface area contributed by atoms with Crippen LogP contribution < -0.4 is 5.32 Å². The molecular weight excluding hydrogens is 242 g/mol. The smallest absolute Gasteiger partial charge is 0.0158 e. The SMILES string of the molecule is C=C(CC)CC(NC)C12CC3CC(C)(CC(C)(C3)C1)C2. The first-order valence-electron chi connectivity index (χ1n) is 8.66. The Morgan fingerprint density at radius 3 is 2.20 bits per heavy atom. The van der Waals surface area contributed by atoms with Gasteiger partial charge in [0.1, 0.15) is 0 Å². The minimum atomic E-state index is 0.551. The van der Waals surface area contributed by atoms with Crippen molar-refractivity contribution in [3.8, 4) is 0 Å². The molecular formula is C19H33N. The molecule has 3 unspecified atom stereocenters. The second-order valence-corrected chi connectivity index (χ2v) is 9.14. The van der Waals surface area contributed by atoms with Crippen LogP contribution in [0.5, 0.6) is 0 Å². The lowest BCUT2D eigenvalue weighted by Gasteiger charge is -2.67. The van der Waals surface area contributed by atoms with Crippen LogP contribution in [-0.2, 0) is 0 Å². The van der Waals surface area contributed by atoms with Gasteiger partial charge >= 0.3 is 0 Å². The normalized spacial score (nSPS) is 47.5. The van der Waals surface area contributed by atoms with Gasteiger partial charge in [-0.25, -0.2) is 0 Å². The minimum absolute atomic E-state index is 0.551. The third-order valence-corrected chi connectivity index (χ3v) is 6.75. The van der Waals surface area contributed by atoms with Crippen molar-refractivity contribution in [2.24, 2.45) is 22.2 Å². The molecule has 0 aromatic rings. The molecule has 0 aromatic carbocycles. The maximum absolute atomic E-state index is 4.28. The van der Waals surface area contributed by atoms with E-state index in [0.717, 1.165) is 12.3 Å². The summed E-state index contributed by atoms with van der Waals surface area (Å²) < 4.78 is 0. The standard InChI is InChI=1S/C19H33N/c1-6-14(2)7-16(20-5)19-10-15-8-17(3,12-19)11-18(4,9-15)13-19/h15-16,20H,2,6-13H2,1,3-5H3. The van der Waals surface area contributed by atoms with Crippen LogP contribution in [-0.4, -0.2) is 13.1 Å². The predicted molar refractivity (Wildman–Crippen MR) is 86.7 cm³/mol. The van der Waals surface area contributed by atoms with E-state index in [-0.39, 0.29) is 0 Å². The van der Waals surface area contributed by atoms with Gasteiger partial charge in [0, 0.05) is 6.04 Å². The Morgan fingerprint density at radius 2 is 1.75 bits per heavy atom. The summed E-state index contributed by atoms with van der Waals surface area (Å²) in [5.74, 6) is 0.993. The van der Waals surface area contributed by atoms with E-state index in [0.29, 0.717) is 22.3 Å². The van der Waals surface area contributed by atoms with Crippen LogP contribution in [0.1, 0.15) is 72.1 Å². The Kier molecular flexibility index (Phi) is 3.36. The van der Waals surface area contributed by atoms with Gasteiger partial charge in [-0.05, 0) is 80.6 Å². The van der Waals surface area contributed by atoms with Crippen LogP contribution in [0, 0.1) is 22.2 Å². The van der Waals surface area contributed by atoms with Gasteiger partial charge in [0.2, 0.25) is 0 Å². The van der Waals surface area contributed by atoms with Crippen molar-refractivity contribution in [2.45, 2.75) is 78.2 Å². The molecule has 4 bridgehead atoms. The molecule has 4 saturated carbocycles. The molecule has 0 aliphatic heterocycles. The summed E-state index contributed by atoms with van der Waals surface area (Å²) in [6.07, 6.45) is 11.2. The van der Waals surface area contributed by atoms with Gasteiger partial charge in [0.15, 0.2) is 0 Å². The quantitative estimate of drug-likeness (QED) is 0.702. The summed E-state index contributed by atoms with van der Waals surface area (Å²) in [5.41, 5.74) is 3.22. The zero-order chi connectivity index (χ0) is 14.6. The number of nitrogens with one attached hydrogen (secondary N) is 1. The van der Waals surface area contributed by atoms with Crippen molar-refractivity contribution in [2.75, 3.05) is 7.05 Å². The van der Waals surface area contributed by atoms with Crippen LogP contribution in [0.3, 0.4) is 0 Å². The maximum atomic E-state index is 4.28. The Bertz CT molecular complexity index is 392. The van der Waals surface area contributed by atoms with Crippen LogP contribution >= 0.6 is 0 Å². The minimum Gasteiger partial charge on any atom is -0.316 e. The van der Waals surface area contributed by atoms with Crippen molar-refractivity contribution in [3.05, 3.63) is 12.2 Å². The molecule has 0 saturated heterocycles. The van der Waals surface area contributed by atoms with Gasteiger partial charge < -0.3 is 5.32 Å². The summed E-state index contributed by atoms with van der Waals surface area (Å²) in [7, 11) is 2.18.